The van der Waals surface area contributed by atoms with Gasteiger partial charge in [-0.1, -0.05) is 19.4 Å². The normalized spacial score (nSPS) is 12.1. The third kappa shape index (κ3) is 6.66. The molecule has 0 bridgehead atoms. The zero-order valence-electron chi connectivity index (χ0n) is 9.42. The maximum absolute atomic E-state index is 10.5. The smallest absolute Gasteiger partial charge is 0.330 e. The summed E-state index contributed by atoms with van der Waals surface area (Å²) in [5.41, 5.74) is 0.439. The summed E-state index contributed by atoms with van der Waals surface area (Å²) in [5, 5.41) is 8.61. The predicted octanol–water partition coefficient (Wildman–Crippen LogP) is 2.14. The topological polar surface area (TPSA) is 40.5 Å². The van der Waals surface area contributed by atoms with Gasteiger partial charge in [0.15, 0.2) is 0 Å². The standard InChI is InChI=1S/C11H21NO2/c1-4-5-8-12(3)9-6-7-10(2)11(13)14/h7H,4-6,8-9H2,1-3H3,(H,13,14). The minimum atomic E-state index is -0.818. The van der Waals surface area contributed by atoms with E-state index >= 15 is 0 Å². The first kappa shape index (κ1) is 13.2. The molecule has 0 heterocycles. The highest BCUT2D eigenvalue weighted by molar-refractivity contribution is 5.85. The molecule has 0 aromatic rings. The van der Waals surface area contributed by atoms with E-state index in [-0.39, 0.29) is 0 Å². The van der Waals surface area contributed by atoms with E-state index < -0.39 is 5.97 Å². The Kier molecular flexibility index (Phi) is 7.11. The van der Waals surface area contributed by atoms with Crippen LogP contribution in [0.25, 0.3) is 0 Å². The highest BCUT2D eigenvalue weighted by atomic mass is 16.4. The monoisotopic (exact) mass is 199 g/mol. The third-order valence-electron chi connectivity index (χ3n) is 2.19. The molecular weight excluding hydrogens is 178 g/mol. The maximum Gasteiger partial charge on any atom is 0.330 e. The lowest BCUT2D eigenvalue weighted by atomic mass is 10.2. The number of hydrogen-bond acceptors (Lipinski definition) is 2. The summed E-state index contributed by atoms with van der Waals surface area (Å²) in [6, 6.07) is 0. The molecule has 1 N–H and O–H groups in total. The summed E-state index contributed by atoms with van der Waals surface area (Å²) < 4.78 is 0. The zero-order chi connectivity index (χ0) is 11.0. The SMILES string of the molecule is CCCCN(C)CCC=C(C)C(=O)O. The molecule has 0 aromatic carbocycles. The first-order chi connectivity index (χ1) is 6.57. The molecule has 3 nitrogen and oxygen atoms in total. The average Bonchev–Trinajstić information content (AvgIpc) is 2.14. The minimum Gasteiger partial charge on any atom is -0.478 e. The van der Waals surface area contributed by atoms with Crippen LogP contribution in [0.15, 0.2) is 11.6 Å². The summed E-state index contributed by atoms with van der Waals surface area (Å²) in [7, 11) is 2.07. The van der Waals surface area contributed by atoms with Crippen molar-refractivity contribution in [3.8, 4) is 0 Å². The van der Waals surface area contributed by atoms with Gasteiger partial charge in [0.05, 0.1) is 0 Å². The van der Waals surface area contributed by atoms with Crippen molar-refractivity contribution in [2.75, 3.05) is 20.1 Å². The van der Waals surface area contributed by atoms with Gasteiger partial charge in [-0.2, -0.15) is 0 Å². The molecule has 0 aromatic heterocycles. The van der Waals surface area contributed by atoms with Crippen LogP contribution in [0.2, 0.25) is 0 Å². The molecule has 0 amide bonds. The first-order valence-electron chi connectivity index (χ1n) is 5.16. The molecular formula is C11H21NO2. The van der Waals surface area contributed by atoms with E-state index in [4.69, 9.17) is 5.11 Å². The highest BCUT2D eigenvalue weighted by Crippen LogP contribution is 1.98. The van der Waals surface area contributed by atoms with Crippen molar-refractivity contribution in [3.05, 3.63) is 11.6 Å². The molecule has 0 unspecified atom stereocenters. The molecule has 0 fully saturated rings. The molecule has 14 heavy (non-hydrogen) atoms. The first-order valence-corrected chi connectivity index (χ1v) is 5.16. The maximum atomic E-state index is 10.5. The minimum absolute atomic E-state index is 0.439. The second kappa shape index (κ2) is 7.56. The van der Waals surface area contributed by atoms with Crippen LogP contribution >= 0.6 is 0 Å². The molecule has 0 rings (SSSR count). The van der Waals surface area contributed by atoms with Crippen molar-refractivity contribution >= 4 is 5.97 Å². The van der Waals surface area contributed by atoms with Crippen molar-refractivity contribution < 1.29 is 9.90 Å². The van der Waals surface area contributed by atoms with Gasteiger partial charge < -0.3 is 10.0 Å². The van der Waals surface area contributed by atoms with Crippen LogP contribution in [0.5, 0.6) is 0 Å². The van der Waals surface area contributed by atoms with E-state index in [1.54, 1.807) is 13.0 Å². The van der Waals surface area contributed by atoms with Crippen molar-refractivity contribution in [1.82, 2.24) is 4.90 Å². The fourth-order valence-electron chi connectivity index (χ4n) is 1.13. The molecule has 82 valence electrons. The summed E-state index contributed by atoms with van der Waals surface area (Å²) in [6.07, 6.45) is 5.01. The highest BCUT2D eigenvalue weighted by Gasteiger charge is 1.99. The number of carboxylic acid groups (broad SMARTS) is 1. The van der Waals surface area contributed by atoms with Gasteiger partial charge in [-0.25, -0.2) is 4.79 Å². The van der Waals surface area contributed by atoms with E-state index in [2.05, 4.69) is 18.9 Å². The number of hydrogen-bond donors (Lipinski definition) is 1. The van der Waals surface area contributed by atoms with Gasteiger partial charge in [-0.05, 0) is 33.4 Å². The lowest BCUT2D eigenvalue weighted by Gasteiger charge is -2.14. The largest absolute Gasteiger partial charge is 0.478 e. The number of carbonyl (C=O) groups is 1. The molecule has 3 heteroatoms. The number of rotatable bonds is 7. The molecule has 0 aliphatic carbocycles. The Bertz CT molecular complexity index is 199. The molecule has 0 spiro atoms. The second-order valence-electron chi connectivity index (χ2n) is 3.64. The van der Waals surface area contributed by atoms with E-state index in [1.165, 1.54) is 12.8 Å². The van der Waals surface area contributed by atoms with Gasteiger partial charge in [0.1, 0.15) is 0 Å². The van der Waals surface area contributed by atoms with E-state index in [1.807, 2.05) is 0 Å². The lowest BCUT2D eigenvalue weighted by Crippen LogP contribution is -2.20. The quantitative estimate of drug-likeness (QED) is 0.639. The van der Waals surface area contributed by atoms with Gasteiger partial charge in [-0.15, -0.1) is 0 Å². The van der Waals surface area contributed by atoms with Crippen molar-refractivity contribution in [3.63, 3.8) is 0 Å². The molecule has 0 atom stereocenters. The van der Waals surface area contributed by atoms with Gasteiger partial charge in [0, 0.05) is 12.1 Å². The number of aliphatic carboxylic acids is 1. The van der Waals surface area contributed by atoms with Crippen molar-refractivity contribution in [2.24, 2.45) is 0 Å². The van der Waals surface area contributed by atoms with Crippen LogP contribution in [0.4, 0.5) is 0 Å². The number of carboxylic acids is 1. The Morgan fingerprint density at radius 1 is 1.43 bits per heavy atom. The average molecular weight is 199 g/mol. The molecule has 0 aliphatic heterocycles. The molecule has 0 saturated carbocycles. The summed E-state index contributed by atoms with van der Waals surface area (Å²) in [4.78, 5) is 12.7. The Labute approximate surface area is 86.4 Å². The third-order valence-corrected chi connectivity index (χ3v) is 2.19. The fraction of sp³-hybridized carbons (Fsp3) is 0.727. The van der Waals surface area contributed by atoms with Crippen LogP contribution < -0.4 is 0 Å². The van der Waals surface area contributed by atoms with Gasteiger partial charge in [-0.3, -0.25) is 0 Å². The Hall–Kier alpha value is -0.830. The van der Waals surface area contributed by atoms with Gasteiger partial charge in [0.2, 0.25) is 0 Å². The van der Waals surface area contributed by atoms with Crippen LogP contribution in [0.1, 0.15) is 33.1 Å². The van der Waals surface area contributed by atoms with Crippen LogP contribution in [0, 0.1) is 0 Å². The molecule has 0 radical (unpaired) electrons. The Morgan fingerprint density at radius 3 is 2.57 bits per heavy atom. The number of unbranched alkanes of at least 4 members (excludes halogenated alkanes) is 1. The Balaban J connectivity index is 3.62. The lowest BCUT2D eigenvalue weighted by molar-refractivity contribution is -0.132. The summed E-state index contributed by atoms with van der Waals surface area (Å²) in [5.74, 6) is -0.818. The van der Waals surface area contributed by atoms with Crippen LogP contribution in [0.3, 0.4) is 0 Å². The van der Waals surface area contributed by atoms with Crippen molar-refractivity contribution in [1.29, 1.82) is 0 Å². The number of nitrogens with zero attached hydrogens (tertiary/aromatic N) is 1. The van der Waals surface area contributed by atoms with E-state index in [0.717, 1.165) is 19.5 Å². The van der Waals surface area contributed by atoms with Crippen molar-refractivity contribution in [2.45, 2.75) is 33.1 Å². The van der Waals surface area contributed by atoms with E-state index in [9.17, 15) is 4.79 Å². The van der Waals surface area contributed by atoms with Gasteiger partial charge in [0.25, 0.3) is 0 Å². The zero-order valence-corrected chi connectivity index (χ0v) is 9.42. The van der Waals surface area contributed by atoms with E-state index in [0.29, 0.717) is 5.57 Å². The predicted molar refractivity (Wildman–Crippen MR) is 58.4 cm³/mol. The van der Waals surface area contributed by atoms with Crippen LogP contribution in [-0.4, -0.2) is 36.1 Å². The molecule has 0 saturated heterocycles. The summed E-state index contributed by atoms with van der Waals surface area (Å²) >= 11 is 0. The fourth-order valence-corrected chi connectivity index (χ4v) is 1.13. The summed E-state index contributed by atoms with van der Waals surface area (Å²) in [6.45, 7) is 5.83. The van der Waals surface area contributed by atoms with Gasteiger partial charge >= 0.3 is 5.97 Å². The molecule has 0 aliphatic rings. The van der Waals surface area contributed by atoms with Crippen LogP contribution in [-0.2, 0) is 4.79 Å². The second-order valence-corrected chi connectivity index (χ2v) is 3.64. The Morgan fingerprint density at radius 2 is 2.07 bits per heavy atom.